The standard InChI is InChI=1S/C31H20N2O/c1-2-8-21(9-3-1)24-15-17-26-27(20-34-30(26)19-24)31-32-28-12-6-7-13-29(28)33(31)25-16-14-22-10-4-5-11-23(22)18-25/h1-20H. The van der Waals surface area contributed by atoms with Crippen LogP contribution in [-0.4, -0.2) is 9.55 Å². The maximum atomic E-state index is 6.07. The Morgan fingerprint density at radius 1 is 0.618 bits per heavy atom. The van der Waals surface area contributed by atoms with Crippen LogP contribution in [0.25, 0.3) is 61.0 Å². The molecule has 0 spiro atoms. The van der Waals surface area contributed by atoms with Crippen LogP contribution in [0.2, 0.25) is 0 Å². The second-order valence-electron chi connectivity index (χ2n) is 8.52. The van der Waals surface area contributed by atoms with Gasteiger partial charge in [-0.3, -0.25) is 4.57 Å². The highest BCUT2D eigenvalue weighted by molar-refractivity contribution is 5.97. The number of hydrogen-bond donors (Lipinski definition) is 0. The molecule has 3 heteroatoms. The lowest BCUT2D eigenvalue weighted by Gasteiger charge is -2.10. The third kappa shape index (κ3) is 2.95. The number of fused-ring (bicyclic) bond motifs is 3. The largest absolute Gasteiger partial charge is 0.464 e. The molecule has 2 aromatic heterocycles. The summed E-state index contributed by atoms with van der Waals surface area (Å²) in [5.74, 6) is 0.877. The second kappa shape index (κ2) is 7.46. The molecular formula is C31H20N2O. The predicted molar refractivity (Wildman–Crippen MR) is 139 cm³/mol. The Kier molecular flexibility index (Phi) is 4.15. The van der Waals surface area contributed by atoms with Crippen molar-refractivity contribution in [2.75, 3.05) is 0 Å². The lowest BCUT2D eigenvalue weighted by atomic mass is 10.0. The average Bonchev–Trinajstić information content (AvgIpc) is 3.50. The summed E-state index contributed by atoms with van der Waals surface area (Å²) < 4.78 is 8.30. The molecule has 0 aliphatic carbocycles. The van der Waals surface area contributed by atoms with E-state index in [0.29, 0.717) is 0 Å². The van der Waals surface area contributed by atoms with Crippen molar-refractivity contribution in [3.63, 3.8) is 0 Å². The number of hydrogen-bond acceptors (Lipinski definition) is 2. The maximum Gasteiger partial charge on any atom is 0.149 e. The van der Waals surface area contributed by atoms with Gasteiger partial charge in [0.15, 0.2) is 0 Å². The lowest BCUT2D eigenvalue weighted by molar-refractivity contribution is 0.616. The van der Waals surface area contributed by atoms with Gasteiger partial charge in [0.2, 0.25) is 0 Å². The second-order valence-corrected chi connectivity index (χ2v) is 8.52. The first kappa shape index (κ1) is 18.9. The number of furan rings is 1. The summed E-state index contributed by atoms with van der Waals surface area (Å²) in [5, 5.41) is 3.48. The fourth-order valence-corrected chi connectivity index (χ4v) is 4.80. The summed E-state index contributed by atoms with van der Waals surface area (Å²) in [5.41, 5.74) is 7.26. The SMILES string of the molecule is c1ccc(-c2ccc3c(-c4nc5ccccc5n4-c4ccc5ccccc5c4)coc3c2)cc1. The number of nitrogens with zero attached hydrogens (tertiary/aromatic N) is 2. The van der Waals surface area contributed by atoms with Crippen molar-refractivity contribution in [3.05, 3.63) is 122 Å². The van der Waals surface area contributed by atoms with Gasteiger partial charge in [-0.05, 0) is 58.3 Å². The fourth-order valence-electron chi connectivity index (χ4n) is 4.80. The van der Waals surface area contributed by atoms with Crippen LogP contribution in [-0.2, 0) is 0 Å². The first-order chi connectivity index (χ1) is 16.8. The van der Waals surface area contributed by atoms with E-state index in [4.69, 9.17) is 9.40 Å². The van der Waals surface area contributed by atoms with Crippen LogP contribution in [0.1, 0.15) is 0 Å². The van der Waals surface area contributed by atoms with E-state index in [-0.39, 0.29) is 0 Å². The molecule has 5 aromatic carbocycles. The molecule has 3 nitrogen and oxygen atoms in total. The quantitative estimate of drug-likeness (QED) is 0.279. The molecule has 34 heavy (non-hydrogen) atoms. The molecule has 2 heterocycles. The van der Waals surface area contributed by atoms with Crippen LogP contribution in [0.4, 0.5) is 0 Å². The van der Waals surface area contributed by atoms with E-state index in [1.165, 1.54) is 16.3 Å². The lowest BCUT2D eigenvalue weighted by Crippen LogP contribution is -1.97. The minimum atomic E-state index is 0.855. The van der Waals surface area contributed by atoms with Gasteiger partial charge in [-0.25, -0.2) is 4.98 Å². The van der Waals surface area contributed by atoms with Crippen molar-refractivity contribution in [3.8, 4) is 28.2 Å². The molecule has 0 aliphatic heterocycles. The van der Waals surface area contributed by atoms with Crippen LogP contribution in [0, 0.1) is 0 Å². The molecule has 0 radical (unpaired) electrons. The van der Waals surface area contributed by atoms with Gasteiger partial charge in [-0.15, -0.1) is 0 Å². The Hall–Kier alpha value is -4.63. The van der Waals surface area contributed by atoms with Crippen LogP contribution >= 0.6 is 0 Å². The summed E-state index contributed by atoms with van der Waals surface area (Å²) in [6, 6.07) is 40.0. The predicted octanol–water partition coefficient (Wildman–Crippen LogP) is 8.26. The highest BCUT2D eigenvalue weighted by atomic mass is 16.3. The molecule has 0 fully saturated rings. The van der Waals surface area contributed by atoms with Gasteiger partial charge in [0, 0.05) is 11.1 Å². The van der Waals surface area contributed by atoms with E-state index in [9.17, 15) is 0 Å². The number of aromatic nitrogens is 2. The van der Waals surface area contributed by atoms with E-state index < -0.39 is 0 Å². The molecule has 0 amide bonds. The summed E-state index contributed by atoms with van der Waals surface area (Å²) in [6.45, 7) is 0. The normalized spacial score (nSPS) is 11.5. The molecule has 0 atom stereocenters. The zero-order valence-electron chi connectivity index (χ0n) is 18.3. The number of benzene rings is 5. The fraction of sp³-hybridized carbons (Fsp3) is 0. The van der Waals surface area contributed by atoms with Gasteiger partial charge in [0.05, 0.1) is 16.6 Å². The van der Waals surface area contributed by atoms with Crippen LogP contribution in [0.3, 0.4) is 0 Å². The molecule has 0 saturated carbocycles. The smallest absolute Gasteiger partial charge is 0.149 e. The number of para-hydroxylation sites is 2. The van der Waals surface area contributed by atoms with Crippen molar-refractivity contribution in [2.24, 2.45) is 0 Å². The van der Waals surface area contributed by atoms with E-state index in [2.05, 4.69) is 108 Å². The molecule has 0 saturated heterocycles. The summed E-state index contributed by atoms with van der Waals surface area (Å²) in [6.07, 6.45) is 1.83. The van der Waals surface area contributed by atoms with Crippen molar-refractivity contribution in [2.45, 2.75) is 0 Å². The molecule has 7 rings (SSSR count). The van der Waals surface area contributed by atoms with Gasteiger partial charge in [-0.1, -0.05) is 78.9 Å². The summed E-state index contributed by atoms with van der Waals surface area (Å²) in [4.78, 5) is 5.05. The first-order valence-electron chi connectivity index (χ1n) is 11.4. The van der Waals surface area contributed by atoms with E-state index in [0.717, 1.165) is 44.6 Å². The monoisotopic (exact) mass is 436 g/mol. The molecule has 0 aliphatic rings. The van der Waals surface area contributed by atoms with Crippen LogP contribution < -0.4 is 0 Å². The van der Waals surface area contributed by atoms with Crippen molar-refractivity contribution >= 4 is 32.8 Å². The Balaban J connectivity index is 1.45. The van der Waals surface area contributed by atoms with Gasteiger partial charge < -0.3 is 4.42 Å². The number of imidazole rings is 1. The number of rotatable bonds is 3. The van der Waals surface area contributed by atoms with E-state index in [1.807, 2.05) is 18.4 Å². The summed E-state index contributed by atoms with van der Waals surface area (Å²) in [7, 11) is 0. The Morgan fingerprint density at radius 3 is 2.32 bits per heavy atom. The molecule has 0 N–H and O–H groups in total. The zero-order valence-corrected chi connectivity index (χ0v) is 18.3. The highest BCUT2D eigenvalue weighted by Crippen LogP contribution is 2.36. The molecular weight excluding hydrogens is 416 g/mol. The Labute approximate surface area is 196 Å². The zero-order chi connectivity index (χ0) is 22.5. The van der Waals surface area contributed by atoms with Crippen molar-refractivity contribution < 1.29 is 4.42 Å². The van der Waals surface area contributed by atoms with Gasteiger partial charge >= 0.3 is 0 Å². The van der Waals surface area contributed by atoms with E-state index in [1.54, 1.807) is 0 Å². The molecule has 0 bridgehead atoms. The minimum Gasteiger partial charge on any atom is -0.464 e. The summed E-state index contributed by atoms with van der Waals surface area (Å²) >= 11 is 0. The highest BCUT2D eigenvalue weighted by Gasteiger charge is 2.19. The average molecular weight is 437 g/mol. The first-order valence-corrected chi connectivity index (χ1v) is 11.4. The van der Waals surface area contributed by atoms with E-state index >= 15 is 0 Å². The third-order valence-corrected chi connectivity index (χ3v) is 6.48. The van der Waals surface area contributed by atoms with Gasteiger partial charge in [0.1, 0.15) is 17.7 Å². The van der Waals surface area contributed by atoms with Crippen LogP contribution in [0.5, 0.6) is 0 Å². The van der Waals surface area contributed by atoms with Crippen LogP contribution in [0.15, 0.2) is 126 Å². The van der Waals surface area contributed by atoms with Crippen molar-refractivity contribution in [1.82, 2.24) is 9.55 Å². The van der Waals surface area contributed by atoms with Gasteiger partial charge in [0.25, 0.3) is 0 Å². The Morgan fingerprint density at radius 2 is 1.41 bits per heavy atom. The minimum absolute atomic E-state index is 0.855. The third-order valence-electron chi connectivity index (χ3n) is 6.48. The topological polar surface area (TPSA) is 31.0 Å². The van der Waals surface area contributed by atoms with Gasteiger partial charge in [-0.2, -0.15) is 0 Å². The van der Waals surface area contributed by atoms with Crippen molar-refractivity contribution in [1.29, 1.82) is 0 Å². The maximum absolute atomic E-state index is 6.07. The Bertz CT molecular complexity index is 1810. The molecule has 0 unspecified atom stereocenters. The molecule has 160 valence electrons. The molecule has 7 aromatic rings.